The van der Waals surface area contributed by atoms with Crippen LogP contribution >= 0.6 is 0 Å². The zero-order valence-corrected chi connectivity index (χ0v) is 9.50. The Kier molecular flexibility index (Phi) is 4.01. The number of ether oxygens (including phenoxy) is 1. The van der Waals surface area contributed by atoms with Crippen molar-refractivity contribution in [2.45, 2.75) is 13.3 Å². The number of carbonyl (C=O) groups is 1. The van der Waals surface area contributed by atoms with Crippen LogP contribution in [0.15, 0.2) is 24.3 Å². The highest BCUT2D eigenvalue weighted by molar-refractivity contribution is 5.77. The van der Waals surface area contributed by atoms with Gasteiger partial charge in [-0.2, -0.15) is 0 Å². The van der Waals surface area contributed by atoms with Crippen LogP contribution in [0.3, 0.4) is 0 Å². The molecule has 1 unspecified atom stereocenters. The van der Waals surface area contributed by atoms with Crippen LogP contribution < -0.4 is 5.73 Å². The quantitative estimate of drug-likeness (QED) is 0.790. The molecule has 0 aliphatic heterocycles. The fourth-order valence-corrected chi connectivity index (χ4v) is 1.53. The molecule has 0 heterocycles. The number of benzene rings is 1. The molecule has 0 fully saturated rings. The van der Waals surface area contributed by atoms with Crippen LogP contribution in [-0.2, 0) is 16.0 Å². The minimum absolute atomic E-state index is 0.192. The maximum Gasteiger partial charge on any atom is 0.313 e. The van der Waals surface area contributed by atoms with Crippen LogP contribution in [-0.4, -0.2) is 19.6 Å². The van der Waals surface area contributed by atoms with Crippen molar-refractivity contribution in [1.29, 1.82) is 0 Å². The van der Waals surface area contributed by atoms with E-state index in [9.17, 15) is 9.18 Å². The van der Waals surface area contributed by atoms with E-state index in [0.717, 1.165) is 5.56 Å². The molecular formula is C12H16FNO2. The van der Waals surface area contributed by atoms with E-state index in [0.29, 0.717) is 6.42 Å². The van der Waals surface area contributed by atoms with E-state index in [1.165, 1.54) is 19.2 Å². The van der Waals surface area contributed by atoms with Crippen LogP contribution in [0.1, 0.15) is 12.5 Å². The lowest BCUT2D eigenvalue weighted by Gasteiger charge is -2.24. The van der Waals surface area contributed by atoms with Gasteiger partial charge in [0.15, 0.2) is 0 Å². The minimum Gasteiger partial charge on any atom is -0.469 e. The number of carbonyl (C=O) groups excluding carboxylic acids is 1. The first-order valence-corrected chi connectivity index (χ1v) is 5.05. The highest BCUT2D eigenvalue weighted by atomic mass is 19.1. The largest absolute Gasteiger partial charge is 0.469 e. The van der Waals surface area contributed by atoms with Crippen molar-refractivity contribution in [3.05, 3.63) is 35.6 Å². The molecule has 0 saturated carbocycles. The summed E-state index contributed by atoms with van der Waals surface area (Å²) in [5.74, 6) is -0.643. The van der Waals surface area contributed by atoms with Gasteiger partial charge in [0, 0.05) is 6.54 Å². The Morgan fingerprint density at radius 1 is 1.44 bits per heavy atom. The molecule has 4 heteroatoms. The third kappa shape index (κ3) is 2.79. The number of methoxy groups -OCH3 is 1. The molecule has 3 nitrogen and oxygen atoms in total. The molecular weight excluding hydrogens is 209 g/mol. The van der Waals surface area contributed by atoms with Gasteiger partial charge in [0.25, 0.3) is 0 Å². The van der Waals surface area contributed by atoms with E-state index in [1.54, 1.807) is 19.1 Å². The Labute approximate surface area is 94.4 Å². The van der Waals surface area contributed by atoms with Crippen LogP contribution in [0.2, 0.25) is 0 Å². The SMILES string of the molecule is COC(=O)C(C)(CN)Cc1ccc(F)cc1. The maximum atomic E-state index is 12.7. The van der Waals surface area contributed by atoms with Gasteiger partial charge in [-0.1, -0.05) is 12.1 Å². The second-order valence-electron chi connectivity index (χ2n) is 4.06. The van der Waals surface area contributed by atoms with Gasteiger partial charge in [-0.15, -0.1) is 0 Å². The third-order valence-electron chi connectivity index (χ3n) is 2.64. The molecule has 0 aromatic heterocycles. The normalized spacial score (nSPS) is 14.2. The zero-order valence-electron chi connectivity index (χ0n) is 9.50. The van der Waals surface area contributed by atoms with Gasteiger partial charge in [0.2, 0.25) is 0 Å². The van der Waals surface area contributed by atoms with Crippen LogP contribution in [0, 0.1) is 11.2 Å². The second-order valence-corrected chi connectivity index (χ2v) is 4.06. The lowest BCUT2D eigenvalue weighted by molar-refractivity contribution is -0.151. The third-order valence-corrected chi connectivity index (χ3v) is 2.64. The minimum atomic E-state index is -0.757. The Morgan fingerprint density at radius 2 is 2.00 bits per heavy atom. The molecule has 1 rings (SSSR count). The first-order valence-electron chi connectivity index (χ1n) is 5.05. The van der Waals surface area contributed by atoms with Gasteiger partial charge in [0.1, 0.15) is 5.82 Å². The number of halogens is 1. The van der Waals surface area contributed by atoms with Gasteiger partial charge in [-0.05, 0) is 31.0 Å². The Hall–Kier alpha value is -1.42. The van der Waals surface area contributed by atoms with Crippen molar-refractivity contribution in [2.24, 2.45) is 11.1 Å². The molecule has 0 amide bonds. The summed E-state index contributed by atoms with van der Waals surface area (Å²) in [4.78, 5) is 11.6. The Balaban J connectivity index is 2.84. The summed E-state index contributed by atoms with van der Waals surface area (Å²) in [7, 11) is 1.33. The molecule has 0 aliphatic rings. The number of esters is 1. The predicted molar refractivity (Wildman–Crippen MR) is 59.3 cm³/mol. The number of hydrogen-bond donors (Lipinski definition) is 1. The summed E-state index contributed by atoms with van der Waals surface area (Å²) < 4.78 is 17.4. The van der Waals surface area contributed by atoms with Crippen molar-refractivity contribution in [3.63, 3.8) is 0 Å². The highest BCUT2D eigenvalue weighted by Crippen LogP contribution is 2.23. The topological polar surface area (TPSA) is 52.3 Å². The molecule has 1 atom stereocenters. The standard InChI is InChI=1S/C12H16FNO2/c1-12(8-14,11(15)16-2)7-9-3-5-10(13)6-4-9/h3-6H,7-8,14H2,1-2H3. The summed E-state index contributed by atoms with van der Waals surface area (Å²) >= 11 is 0. The van der Waals surface area contributed by atoms with E-state index in [-0.39, 0.29) is 18.3 Å². The van der Waals surface area contributed by atoms with Gasteiger partial charge >= 0.3 is 5.97 Å². The average Bonchev–Trinajstić information content (AvgIpc) is 2.31. The maximum absolute atomic E-state index is 12.7. The Morgan fingerprint density at radius 3 is 2.44 bits per heavy atom. The molecule has 88 valence electrons. The molecule has 1 aromatic carbocycles. The number of hydrogen-bond acceptors (Lipinski definition) is 3. The van der Waals surface area contributed by atoms with Crippen LogP contribution in [0.4, 0.5) is 4.39 Å². The summed E-state index contributed by atoms with van der Waals surface area (Å²) in [6.45, 7) is 1.93. The fraction of sp³-hybridized carbons (Fsp3) is 0.417. The number of nitrogens with two attached hydrogens (primary N) is 1. The predicted octanol–water partition coefficient (Wildman–Crippen LogP) is 1.51. The average molecular weight is 225 g/mol. The molecule has 1 aromatic rings. The molecule has 0 radical (unpaired) electrons. The molecule has 16 heavy (non-hydrogen) atoms. The highest BCUT2D eigenvalue weighted by Gasteiger charge is 2.33. The van der Waals surface area contributed by atoms with Crippen molar-refractivity contribution in [3.8, 4) is 0 Å². The van der Waals surface area contributed by atoms with Crippen molar-refractivity contribution in [2.75, 3.05) is 13.7 Å². The lowest BCUT2D eigenvalue weighted by atomic mass is 9.84. The first-order chi connectivity index (χ1) is 7.51. The molecule has 0 aliphatic carbocycles. The van der Waals surface area contributed by atoms with Gasteiger partial charge in [0.05, 0.1) is 12.5 Å². The summed E-state index contributed by atoms with van der Waals surface area (Å²) in [6.07, 6.45) is 0.441. The summed E-state index contributed by atoms with van der Waals surface area (Å²) in [5.41, 5.74) is 5.69. The number of rotatable bonds is 4. The Bertz CT molecular complexity index is 364. The zero-order chi connectivity index (χ0) is 12.2. The monoisotopic (exact) mass is 225 g/mol. The fourth-order valence-electron chi connectivity index (χ4n) is 1.53. The lowest BCUT2D eigenvalue weighted by Crippen LogP contribution is -2.38. The smallest absolute Gasteiger partial charge is 0.313 e. The molecule has 2 N–H and O–H groups in total. The van der Waals surface area contributed by atoms with E-state index >= 15 is 0 Å². The molecule has 0 bridgehead atoms. The van der Waals surface area contributed by atoms with E-state index in [2.05, 4.69) is 0 Å². The summed E-state index contributed by atoms with van der Waals surface area (Å²) in [6, 6.07) is 6.02. The molecule has 0 saturated heterocycles. The van der Waals surface area contributed by atoms with Crippen molar-refractivity contribution in [1.82, 2.24) is 0 Å². The van der Waals surface area contributed by atoms with Gasteiger partial charge in [-0.3, -0.25) is 4.79 Å². The van der Waals surface area contributed by atoms with E-state index in [4.69, 9.17) is 10.5 Å². The molecule has 0 spiro atoms. The summed E-state index contributed by atoms with van der Waals surface area (Å²) in [5, 5.41) is 0. The van der Waals surface area contributed by atoms with Gasteiger partial charge < -0.3 is 10.5 Å². The van der Waals surface area contributed by atoms with Crippen molar-refractivity contribution >= 4 is 5.97 Å². The van der Waals surface area contributed by atoms with E-state index in [1.807, 2.05) is 0 Å². The first kappa shape index (κ1) is 12.6. The van der Waals surface area contributed by atoms with Gasteiger partial charge in [-0.25, -0.2) is 4.39 Å². The van der Waals surface area contributed by atoms with Crippen LogP contribution in [0.5, 0.6) is 0 Å². The van der Waals surface area contributed by atoms with E-state index < -0.39 is 5.41 Å². The van der Waals surface area contributed by atoms with Crippen molar-refractivity contribution < 1.29 is 13.9 Å². The van der Waals surface area contributed by atoms with Crippen LogP contribution in [0.25, 0.3) is 0 Å². The second kappa shape index (κ2) is 5.07.